The van der Waals surface area contributed by atoms with Gasteiger partial charge in [0, 0.05) is 5.69 Å². The van der Waals surface area contributed by atoms with Crippen molar-refractivity contribution in [2.45, 2.75) is 13.8 Å². The number of carbonyl (C=O) groups is 1. The molecule has 0 aliphatic rings. The molecule has 0 aliphatic heterocycles. The lowest BCUT2D eigenvalue weighted by Crippen LogP contribution is -1.90. The molecule has 5 heteroatoms. The van der Waals surface area contributed by atoms with Crippen molar-refractivity contribution in [3.05, 3.63) is 29.3 Å². The molecule has 0 amide bonds. The molecular weight excluding hydrogens is 194 g/mol. The quantitative estimate of drug-likeness (QED) is 0.693. The van der Waals surface area contributed by atoms with E-state index in [4.69, 9.17) is 0 Å². The van der Waals surface area contributed by atoms with E-state index in [1.54, 1.807) is 0 Å². The van der Waals surface area contributed by atoms with E-state index >= 15 is 0 Å². The summed E-state index contributed by atoms with van der Waals surface area (Å²) in [6.07, 6.45) is 0.513. The summed E-state index contributed by atoms with van der Waals surface area (Å²) in [5.74, 6) is 0.301. The first kappa shape index (κ1) is 9.51. The van der Waals surface area contributed by atoms with E-state index in [2.05, 4.69) is 19.6 Å². The van der Waals surface area contributed by atoms with Gasteiger partial charge in [0.15, 0.2) is 0 Å². The molecule has 2 aromatic heterocycles. The van der Waals surface area contributed by atoms with E-state index in [0.717, 1.165) is 11.3 Å². The number of rotatable bonds is 2. The number of hydrogen-bond donors (Lipinski definition) is 0. The first-order chi connectivity index (χ1) is 7.19. The number of carbonyl (C=O) groups excluding carboxylic acids is 1. The second-order valence-corrected chi connectivity index (χ2v) is 3.25. The lowest BCUT2D eigenvalue weighted by atomic mass is 10.2. The predicted molar refractivity (Wildman–Crippen MR) is 52.4 cm³/mol. The zero-order valence-corrected chi connectivity index (χ0v) is 8.39. The highest BCUT2D eigenvalue weighted by Gasteiger charge is 2.09. The van der Waals surface area contributed by atoms with Crippen LogP contribution in [-0.4, -0.2) is 21.4 Å². The molecule has 0 aliphatic carbocycles. The van der Waals surface area contributed by atoms with Gasteiger partial charge in [-0.05, 0) is 31.5 Å². The molecule has 0 bridgehead atoms. The number of aromatic nitrogens is 3. The van der Waals surface area contributed by atoms with E-state index in [1.807, 2.05) is 26.0 Å². The minimum Gasteiger partial charge on any atom is -0.331 e. The van der Waals surface area contributed by atoms with Crippen LogP contribution in [-0.2, 0) is 0 Å². The first-order valence-electron chi connectivity index (χ1n) is 4.43. The number of hydrogen-bond acceptors (Lipinski definition) is 5. The van der Waals surface area contributed by atoms with Gasteiger partial charge in [0.25, 0.3) is 5.89 Å². The fourth-order valence-electron chi connectivity index (χ4n) is 1.34. The van der Waals surface area contributed by atoms with Crippen LogP contribution >= 0.6 is 0 Å². The molecule has 76 valence electrons. The molecule has 2 aromatic rings. The Labute approximate surface area is 86.1 Å². The smallest absolute Gasteiger partial charge is 0.291 e. The van der Waals surface area contributed by atoms with Gasteiger partial charge in [0.1, 0.15) is 5.69 Å². The highest BCUT2D eigenvalue weighted by molar-refractivity contribution is 5.68. The minimum atomic E-state index is -0.0361. The molecule has 0 aromatic carbocycles. The van der Waals surface area contributed by atoms with Crippen LogP contribution in [0.2, 0.25) is 0 Å². The summed E-state index contributed by atoms with van der Waals surface area (Å²) in [7, 11) is 0. The van der Waals surface area contributed by atoms with E-state index in [1.165, 1.54) is 0 Å². The maximum Gasteiger partial charge on any atom is 0.291 e. The van der Waals surface area contributed by atoms with Crippen molar-refractivity contribution in [3.63, 3.8) is 0 Å². The Morgan fingerprint density at radius 2 is 2.07 bits per heavy atom. The van der Waals surface area contributed by atoms with Crippen molar-refractivity contribution in [3.8, 4) is 11.5 Å². The molecule has 5 nitrogen and oxygen atoms in total. The second kappa shape index (κ2) is 3.61. The molecule has 15 heavy (non-hydrogen) atoms. The van der Waals surface area contributed by atoms with Gasteiger partial charge in [-0.25, -0.2) is 4.98 Å². The standard InChI is InChI=1S/C10H9N3O2/c1-6-3-7(2)11-8(4-6)10-12-9(5-14)15-13-10/h3-5H,1-2H3. The molecule has 0 fully saturated rings. The van der Waals surface area contributed by atoms with Crippen LogP contribution in [0.3, 0.4) is 0 Å². The van der Waals surface area contributed by atoms with Crippen LogP contribution in [0.15, 0.2) is 16.7 Å². The third kappa shape index (κ3) is 1.90. The van der Waals surface area contributed by atoms with E-state index in [-0.39, 0.29) is 5.89 Å². The third-order valence-corrected chi connectivity index (χ3v) is 1.87. The zero-order chi connectivity index (χ0) is 10.8. The average Bonchev–Trinajstić information content (AvgIpc) is 2.64. The van der Waals surface area contributed by atoms with Gasteiger partial charge in [0.05, 0.1) is 0 Å². The van der Waals surface area contributed by atoms with Crippen molar-refractivity contribution >= 4 is 6.29 Å². The third-order valence-electron chi connectivity index (χ3n) is 1.87. The Hall–Kier alpha value is -2.04. The van der Waals surface area contributed by atoms with Gasteiger partial charge < -0.3 is 4.52 Å². The van der Waals surface area contributed by atoms with Gasteiger partial charge in [-0.15, -0.1) is 0 Å². The molecule has 0 spiro atoms. The molecule has 0 saturated carbocycles. The lowest BCUT2D eigenvalue weighted by molar-refractivity contribution is 0.108. The summed E-state index contributed by atoms with van der Waals surface area (Å²) in [6.45, 7) is 3.84. The molecular formula is C10H9N3O2. The van der Waals surface area contributed by atoms with Crippen LogP contribution in [0, 0.1) is 13.8 Å². The predicted octanol–water partition coefficient (Wildman–Crippen LogP) is 1.56. The zero-order valence-electron chi connectivity index (χ0n) is 8.39. The molecule has 2 heterocycles. The fourth-order valence-corrected chi connectivity index (χ4v) is 1.34. The molecule has 0 N–H and O–H groups in total. The van der Waals surface area contributed by atoms with Gasteiger partial charge in [0.2, 0.25) is 12.1 Å². The van der Waals surface area contributed by atoms with Crippen molar-refractivity contribution in [1.82, 2.24) is 15.1 Å². The van der Waals surface area contributed by atoms with Crippen LogP contribution < -0.4 is 0 Å². The minimum absolute atomic E-state index is 0.0361. The number of pyridine rings is 1. The number of nitrogens with zero attached hydrogens (tertiary/aromatic N) is 3. The van der Waals surface area contributed by atoms with Crippen molar-refractivity contribution < 1.29 is 9.32 Å². The van der Waals surface area contributed by atoms with Gasteiger partial charge in [-0.3, -0.25) is 4.79 Å². The Morgan fingerprint density at radius 1 is 1.27 bits per heavy atom. The largest absolute Gasteiger partial charge is 0.331 e. The van der Waals surface area contributed by atoms with Crippen molar-refractivity contribution in [2.24, 2.45) is 0 Å². The average molecular weight is 203 g/mol. The van der Waals surface area contributed by atoms with Gasteiger partial charge in [-0.2, -0.15) is 4.98 Å². The summed E-state index contributed by atoms with van der Waals surface area (Å²) in [5.41, 5.74) is 2.56. The fraction of sp³-hybridized carbons (Fsp3) is 0.200. The van der Waals surface area contributed by atoms with Crippen LogP contribution in [0.25, 0.3) is 11.5 Å². The van der Waals surface area contributed by atoms with E-state index in [9.17, 15) is 4.79 Å². The summed E-state index contributed by atoms with van der Waals surface area (Å²) >= 11 is 0. The highest BCUT2D eigenvalue weighted by atomic mass is 16.5. The van der Waals surface area contributed by atoms with Crippen molar-refractivity contribution in [2.75, 3.05) is 0 Å². The maximum atomic E-state index is 10.4. The van der Waals surface area contributed by atoms with Crippen molar-refractivity contribution in [1.29, 1.82) is 0 Å². The Kier molecular flexibility index (Phi) is 2.29. The summed E-state index contributed by atoms with van der Waals surface area (Å²) < 4.78 is 4.68. The molecule has 0 atom stereocenters. The second-order valence-electron chi connectivity index (χ2n) is 3.25. The Balaban J connectivity index is 2.48. The Bertz CT molecular complexity index is 485. The highest BCUT2D eigenvalue weighted by Crippen LogP contribution is 2.15. The monoisotopic (exact) mass is 203 g/mol. The molecule has 2 rings (SSSR count). The molecule has 0 radical (unpaired) electrons. The van der Waals surface area contributed by atoms with Gasteiger partial charge >= 0.3 is 0 Å². The van der Waals surface area contributed by atoms with Crippen LogP contribution in [0.4, 0.5) is 0 Å². The first-order valence-corrected chi connectivity index (χ1v) is 4.43. The number of aryl methyl sites for hydroxylation is 2. The molecule has 0 unspecified atom stereocenters. The van der Waals surface area contributed by atoms with Crippen LogP contribution in [0.5, 0.6) is 0 Å². The SMILES string of the molecule is Cc1cc(C)nc(-c2noc(C=O)n2)c1. The van der Waals surface area contributed by atoms with E-state index < -0.39 is 0 Å². The molecule has 0 saturated heterocycles. The summed E-state index contributed by atoms with van der Waals surface area (Å²) in [6, 6.07) is 3.79. The Morgan fingerprint density at radius 3 is 2.67 bits per heavy atom. The normalized spacial score (nSPS) is 10.3. The van der Waals surface area contributed by atoms with E-state index in [0.29, 0.717) is 17.8 Å². The van der Waals surface area contributed by atoms with Gasteiger partial charge in [-0.1, -0.05) is 5.16 Å². The summed E-state index contributed by atoms with van der Waals surface area (Å²) in [4.78, 5) is 18.5. The summed E-state index contributed by atoms with van der Waals surface area (Å²) in [5, 5.41) is 3.66. The maximum absolute atomic E-state index is 10.4. The lowest BCUT2D eigenvalue weighted by Gasteiger charge is -1.98. The topological polar surface area (TPSA) is 68.9 Å². The van der Waals surface area contributed by atoms with Crippen LogP contribution in [0.1, 0.15) is 21.9 Å². The number of aldehydes is 1.